The zero-order valence-corrected chi connectivity index (χ0v) is 13.6. The first kappa shape index (κ1) is 17.6. The average Bonchev–Trinajstić information content (AvgIpc) is 2.35. The third kappa shape index (κ3) is 7.19. The quantitative estimate of drug-likeness (QED) is 0.799. The first-order chi connectivity index (χ1) is 9.59. The maximum absolute atomic E-state index is 11.9. The van der Waals surface area contributed by atoms with Gasteiger partial charge in [0.25, 0.3) is 0 Å². The molecule has 0 aliphatic rings. The molecule has 0 saturated heterocycles. The van der Waals surface area contributed by atoms with E-state index in [-0.39, 0.29) is 5.75 Å². The van der Waals surface area contributed by atoms with Crippen LogP contribution in [0.2, 0.25) is 0 Å². The maximum atomic E-state index is 11.9. The minimum atomic E-state index is -3.55. The van der Waals surface area contributed by atoms with Gasteiger partial charge in [-0.25, -0.2) is 13.1 Å². The van der Waals surface area contributed by atoms with Crippen molar-refractivity contribution in [3.63, 3.8) is 0 Å². The van der Waals surface area contributed by atoms with E-state index in [1.807, 2.05) is 0 Å². The predicted molar refractivity (Wildman–Crippen MR) is 80.2 cm³/mol. The van der Waals surface area contributed by atoms with Gasteiger partial charge in [-0.3, -0.25) is 9.78 Å². The molecule has 0 amide bonds. The van der Waals surface area contributed by atoms with Crippen LogP contribution in [-0.2, 0) is 26.0 Å². The summed E-state index contributed by atoms with van der Waals surface area (Å²) in [5, 5.41) is 0. The number of sulfonamides is 1. The summed E-state index contributed by atoms with van der Waals surface area (Å²) in [7, 11) is -3.55. The van der Waals surface area contributed by atoms with E-state index in [0.717, 1.165) is 5.56 Å². The smallest absolute Gasteiger partial charge is 0.324 e. The molecule has 1 rings (SSSR count). The van der Waals surface area contributed by atoms with Crippen molar-refractivity contribution in [1.82, 2.24) is 9.71 Å². The third-order valence-corrected chi connectivity index (χ3v) is 3.98. The third-order valence-electron chi connectivity index (χ3n) is 2.53. The number of ether oxygens (including phenoxy) is 1. The summed E-state index contributed by atoms with van der Waals surface area (Å²) in [5.41, 5.74) is 0.230. The fraction of sp³-hybridized carbons (Fsp3) is 0.571. The molecular weight excluding hydrogens is 292 g/mol. The van der Waals surface area contributed by atoms with Crippen LogP contribution < -0.4 is 4.72 Å². The number of pyridine rings is 1. The lowest BCUT2D eigenvalue weighted by Crippen LogP contribution is -2.43. The van der Waals surface area contributed by atoms with Crippen LogP contribution in [0, 0.1) is 0 Å². The molecular formula is C14H22N2O4S. The Hall–Kier alpha value is -1.47. The van der Waals surface area contributed by atoms with E-state index in [9.17, 15) is 13.2 Å². The number of aryl methyl sites for hydroxylation is 1. The van der Waals surface area contributed by atoms with Gasteiger partial charge in [-0.15, -0.1) is 0 Å². The van der Waals surface area contributed by atoms with Crippen molar-refractivity contribution in [3.8, 4) is 0 Å². The van der Waals surface area contributed by atoms with Crippen LogP contribution >= 0.6 is 0 Å². The van der Waals surface area contributed by atoms with Crippen LogP contribution in [0.25, 0.3) is 0 Å². The first-order valence-electron chi connectivity index (χ1n) is 6.71. The molecule has 0 unspecified atom stereocenters. The van der Waals surface area contributed by atoms with E-state index in [2.05, 4.69) is 9.71 Å². The van der Waals surface area contributed by atoms with E-state index in [1.165, 1.54) is 6.92 Å². The van der Waals surface area contributed by atoms with Gasteiger partial charge in [0, 0.05) is 12.4 Å². The number of carbonyl (C=O) groups excluding carboxylic acids is 1. The number of esters is 1. The van der Waals surface area contributed by atoms with E-state index >= 15 is 0 Å². The molecule has 0 aliphatic carbocycles. The Morgan fingerprint density at radius 3 is 2.43 bits per heavy atom. The minimum absolute atomic E-state index is 0.0931. The number of carbonyl (C=O) groups is 1. The van der Waals surface area contributed by atoms with Gasteiger partial charge in [-0.2, -0.15) is 0 Å². The zero-order valence-electron chi connectivity index (χ0n) is 12.8. The van der Waals surface area contributed by atoms with Gasteiger partial charge in [0.1, 0.15) is 11.6 Å². The monoisotopic (exact) mass is 314 g/mol. The van der Waals surface area contributed by atoms with Crippen molar-refractivity contribution >= 4 is 16.0 Å². The van der Waals surface area contributed by atoms with Crippen LogP contribution in [-0.4, -0.2) is 36.8 Å². The molecule has 0 aromatic carbocycles. The van der Waals surface area contributed by atoms with Crippen molar-refractivity contribution in [2.75, 3.05) is 5.75 Å². The molecule has 1 heterocycles. The van der Waals surface area contributed by atoms with Gasteiger partial charge in [0.05, 0.1) is 5.75 Å². The van der Waals surface area contributed by atoms with E-state index < -0.39 is 27.6 Å². The SMILES string of the molecule is C[C@@H](NS(=O)(=O)CCc1ccncc1)C(=O)OC(C)(C)C. The van der Waals surface area contributed by atoms with E-state index in [4.69, 9.17) is 4.74 Å². The van der Waals surface area contributed by atoms with Crippen molar-refractivity contribution < 1.29 is 17.9 Å². The van der Waals surface area contributed by atoms with Gasteiger partial charge < -0.3 is 4.74 Å². The predicted octanol–water partition coefficient (Wildman–Crippen LogP) is 1.27. The summed E-state index contributed by atoms with van der Waals surface area (Å²) in [6.45, 7) is 6.67. The number of hydrogen-bond donors (Lipinski definition) is 1. The summed E-state index contributed by atoms with van der Waals surface area (Å²) in [4.78, 5) is 15.6. The molecule has 0 radical (unpaired) electrons. The highest BCUT2D eigenvalue weighted by Crippen LogP contribution is 2.09. The lowest BCUT2D eigenvalue weighted by atomic mass is 10.2. The van der Waals surface area contributed by atoms with Crippen LogP contribution in [0.1, 0.15) is 33.3 Å². The van der Waals surface area contributed by atoms with Crippen molar-refractivity contribution in [1.29, 1.82) is 0 Å². The van der Waals surface area contributed by atoms with Gasteiger partial charge in [-0.05, 0) is 51.8 Å². The highest BCUT2D eigenvalue weighted by atomic mass is 32.2. The Labute approximate surface area is 126 Å². The van der Waals surface area contributed by atoms with Gasteiger partial charge >= 0.3 is 5.97 Å². The molecule has 7 heteroatoms. The molecule has 1 aromatic heterocycles. The highest BCUT2D eigenvalue weighted by Gasteiger charge is 2.25. The number of aromatic nitrogens is 1. The Morgan fingerprint density at radius 2 is 1.90 bits per heavy atom. The molecule has 0 spiro atoms. The fourth-order valence-electron chi connectivity index (χ4n) is 1.57. The van der Waals surface area contributed by atoms with Crippen LogP contribution in [0.4, 0.5) is 0 Å². The molecule has 0 bridgehead atoms. The second kappa shape index (κ2) is 7.00. The normalized spacial score (nSPS) is 13.7. The topological polar surface area (TPSA) is 85.4 Å². The van der Waals surface area contributed by atoms with Gasteiger partial charge in [0.15, 0.2) is 0 Å². The summed E-state index contributed by atoms with van der Waals surface area (Å²) in [5.74, 6) is -0.681. The molecule has 0 aliphatic heterocycles. The molecule has 6 nitrogen and oxygen atoms in total. The van der Waals surface area contributed by atoms with Gasteiger partial charge in [0.2, 0.25) is 10.0 Å². The highest BCUT2D eigenvalue weighted by molar-refractivity contribution is 7.89. The van der Waals surface area contributed by atoms with Crippen LogP contribution in [0.15, 0.2) is 24.5 Å². The van der Waals surface area contributed by atoms with Crippen molar-refractivity contribution in [2.24, 2.45) is 0 Å². The van der Waals surface area contributed by atoms with Gasteiger partial charge in [-0.1, -0.05) is 0 Å². The zero-order chi connectivity index (χ0) is 16.1. The summed E-state index contributed by atoms with van der Waals surface area (Å²) in [6.07, 6.45) is 3.58. The number of rotatable bonds is 6. The molecule has 21 heavy (non-hydrogen) atoms. The summed E-state index contributed by atoms with van der Waals surface area (Å²) >= 11 is 0. The van der Waals surface area contributed by atoms with Crippen LogP contribution in [0.3, 0.4) is 0 Å². The minimum Gasteiger partial charge on any atom is -0.459 e. The Morgan fingerprint density at radius 1 is 1.33 bits per heavy atom. The molecule has 0 fully saturated rings. The second-order valence-electron chi connectivity index (χ2n) is 5.80. The summed E-state index contributed by atoms with van der Waals surface area (Å²) < 4.78 is 31.4. The Balaban J connectivity index is 2.54. The second-order valence-corrected chi connectivity index (χ2v) is 7.67. The molecule has 1 aromatic rings. The number of nitrogens with zero attached hydrogens (tertiary/aromatic N) is 1. The van der Waals surface area contributed by atoms with Crippen LogP contribution in [0.5, 0.6) is 0 Å². The molecule has 0 saturated carbocycles. The largest absolute Gasteiger partial charge is 0.459 e. The molecule has 118 valence electrons. The lowest BCUT2D eigenvalue weighted by molar-refractivity contribution is -0.156. The van der Waals surface area contributed by atoms with E-state index in [0.29, 0.717) is 6.42 Å². The van der Waals surface area contributed by atoms with Crippen molar-refractivity contribution in [3.05, 3.63) is 30.1 Å². The molecule has 1 atom stereocenters. The number of nitrogens with one attached hydrogen (secondary N) is 1. The molecule has 1 N–H and O–H groups in total. The standard InChI is InChI=1S/C14H22N2O4S/c1-11(13(17)20-14(2,3)4)16-21(18,19)10-7-12-5-8-15-9-6-12/h5-6,8-9,11,16H,7,10H2,1-4H3/t11-/m1/s1. The maximum Gasteiger partial charge on any atom is 0.324 e. The van der Waals surface area contributed by atoms with E-state index in [1.54, 1.807) is 45.3 Å². The first-order valence-corrected chi connectivity index (χ1v) is 8.36. The number of hydrogen-bond acceptors (Lipinski definition) is 5. The average molecular weight is 314 g/mol. The Kier molecular flexibility index (Phi) is 5.86. The van der Waals surface area contributed by atoms with Crippen molar-refractivity contribution in [2.45, 2.75) is 45.8 Å². The summed E-state index contributed by atoms with van der Waals surface area (Å²) in [6, 6.07) is 2.60. The fourth-order valence-corrected chi connectivity index (χ4v) is 2.83. The Bertz CT molecular complexity index is 564. The lowest BCUT2D eigenvalue weighted by Gasteiger charge is -2.22.